The van der Waals surface area contributed by atoms with Gasteiger partial charge in [-0.3, -0.25) is 9.69 Å². The number of likely N-dealkylation sites (tertiary alicyclic amines) is 2. The maximum Gasteiger partial charge on any atom is 0.410 e. The molecule has 0 spiro atoms. The maximum atomic E-state index is 13.0. The number of esters is 1. The van der Waals surface area contributed by atoms with Crippen LogP contribution in [0.2, 0.25) is 0 Å². The Balaban J connectivity index is 1.65. The predicted octanol–water partition coefficient (Wildman–Crippen LogP) is 0.922. The number of hydrogen-bond donors (Lipinski definition) is 1. The van der Waals surface area contributed by atoms with Crippen LogP contribution in [0.5, 0.6) is 0 Å². The molecule has 2 heterocycles. The molecule has 2 saturated heterocycles. The molecule has 0 aromatic heterocycles. The summed E-state index contributed by atoms with van der Waals surface area (Å²) in [4.78, 5) is 40.1. The molecular weight excluding hydrogens is 352 g/mol. The van der Waals surface area contributed by atoms with Crippen LogP contribution in [-0.4, -0.2) is 71.3 Å². The number of hydrogen-bond acceptors (Lipinski definition) is 6. The van der Waals surface area contributed by atoms with Gasteiger partial charge >= 0.3 is 12.1 Å². The molecule has 0 bridgehead atoms. The molecule has 146 valence electrons. The molecule has 0 radical (unpaired) electrons. The van der Waals surface area contributed by atoms with E-state index in [9.17, 15) is 19.5 Å². The second-order valence-electron chi connectivity index (χ2n) is 6.81. The van der Waals surface area contributed by atoms with Crippen LogP contribution in [0.15, 0.2) is 30.3 Å². The van der Waals surface area contributed by atoms with E-state index in [0.29, 0.717) is 19.4 Å². The lowest BCUT2D eigenvalue weighted by Gasteiger charge is -2.29. The third-order valence-corrected chi connectivity index (χ3v) is 5.01. The molecule has 8 nitrogen and oxygen atoms in total. The lowest BCUT2D eigenvalue weighted by atomic mass is 10.1. The van der Waals surface area contributed by atoms with E-state index in [1.54, 1.807) is 0 Å². The summed E-state index contributed by atoms with van der Waals surface area (Å²) in [5.74, 6) is -0.910. The predicted molar refractivity (Wildman–Crippen MR) is 94.5 cm³/mol. The van der Waals surface area contributed by atoms with Gasteiger partial charge in [0.1, 0.15) is 18.7 Å². The Hall–Kier alpha value is -2.61. The minimum Gasteiger partial charge on any atom is -0.467 e. The second kappa shape index (κ2) is 8.39. The number of ether oxygens (including phenoxy) is 2. The largest absolute Gasteiger partial charge is 0.467 e. The van der Waals surface area contributed by atoms with Gasteiger partial charge in [0.15, 0.2) is 0 Å². The normalized spacial score (nSPS) is 24.7. The van der Waals surface area contributed by atoms with E-state index in [2.05, 4.69) is 0 Å². The van der Waals surface area contributed by atoms with Gasteiger partial charge in [-0.1, -0.05) is 30.3 Å². The van der Waals surface area contributed by atoms with Crippen LogP contribution in [0, 0.1) is 0 Å². The number of aliphatic hydroxyl groups is 1. The van der Waals surface area contributed by atoms with Gasteiger partial charge in [-0.25, -0.2) is 9.59 Å². The van der Waals surface area contributed by atoms with Gasteiger partial charge < -0.3 is 19.5 Å². The van der Waals surface area contributed by atoms with E-state index in [1.165, 1.54) is 16.9 Å². The molecule has 2 aliphatic heterocycles. The summed E-state index contributed by atoms with van der Waals surface area (Å²) < 4.78 is 10.1. The van der Waals surface area contributed by atoms with E-state index in [1.807, 2.05) is 30.3 Å². The summed E-state index contributed by atoms with van der Waals surface area (Å²) in [6.45, 7) is 0.607. The Bertz CT molecular complexity index is 695. The van der Waals surface area contributed by atoms with E-state index < -0.39 is 30.3 Å². The lowest BCUT2D eigenvalue weighted by Crippen LogP contribution is -2.51. The number of rotatable bonds is 4. The molecule has 1 aromatic rings. The van der Waals surface area contributed by atoms with Gasteiger partial charge in [0.05, 0.1) is 13.2 Å². The van der Waals surface area contributed by atoms with Crippen molar-refractivity contribution in [2.45, 2.75) is 44.1 Å². The highest BCUT2D eigenvalue weighted by atomic mass is 16.6. The molecule has 0 aliphatic carbocycles. The number of carbonyl (C=O) groups is 3. The van der Waals surface area contributed by atoms with E-state index in [-0.39, 0.29) is 25.5 Å². The van der Waals surface area contributed by atoms with Gasteiger partial charge in [-0.2, -0.15) is 0 Å². The third-order valence-electron chi connectivity index (χ3n) is 5.01. The number of amides is 2. The summed E-state index contributed by atoms with van der Waals surface area (Å²) in [6, 6.07) is 7.79. The van der Waals surface area contributed by atoms with Crippen molar-refractivity contribution in [1.29, 1.82) is 0 Å². The van der Waals surface area contributed by atoms with Crippen molar-refractivity contribution in [3.8, 4) is 0 Å². The molecule has 3 atom stereocenters. The molecule has 8 heteroatoms. The average molecular weight is 376 g/mol. The van der Waals surface area contributed by atoms with E-state index >= 15 is 0 Å². The van der Waals surface area contributed by atoms with Crippen LogP contribution >= 0.6 is 0 Å². The highest BCUT2D eigenvalue weighted by Crippen LogP contribution is 2.26. The zero-order valence-corrected chi connectivity index (χ0v) is 15.2. The molecule has 1 aromatic carbocycles. The molecular formula is C19H24N2O6. The molecule has 1 unspecified atom stereocenters. The molecule has 1 N–H and O–H groups in total. The monoisotopic (exact) mass is 376 g/mol. The Morgan fingerprint density at radius 2 is 1.89 bits per heavy atom. The number of benzene rings is 1. The standard InChI is InChI=1S/C19H24N2O6/c1-26-18(24)16-10-14(22)11-21(16)17(23)15-8-5-9-20(15)19(25)27-12-13-6-3-2-4-7-13/h2-4,6-7,14-16,22H,5,8-12H2,1H3/t14?,15-,16+/m0/s1. The summed E-state index contributed by atoms with van der Waals surface area (Å²) in [7, 11) is 1.25. The van der Waals surface area contributed by atoms with Crippen LogP contribution in [0.4, 0.5) is 4.79 Å². The van der Waals surface area contributed by atoms with Crippen molar-refractivity contribution in [1.82, 2.24) is 9.80 Å². The van der Waals surface area contributed by atoms with Gasteiger partial charge in [0.25, 0.3) is 0 Å². The highest BCUT2D eigenvalue weighted by molar-refractivity contribution is 5.90. The van der Waals surface area contributed by atoms with Gasteiger partial charge in [-0.05, 0) is 18.4 Å². The SMILES string of the molecule is COC(=O)[C@H]1CC(O)CN1C(=O)[C@@H]1CCCN1C(=O)OCc1ccccc1. The van der Waals surface area contributed by atoms with Crippen molar-refractivity contribution in [2.75, 3.05) is 20.2 Å². The third kappa shape index (κ3) is 4.21. The first-order chi connectivity index (χ1) is 13.0. The van der Waals surface area contributed by atoms with Crippen LogP contribution in [0.3, 0.4) is 0 Å². The van der Waals surface area contributed by atoms with E-state index in [4.69, 9.17) is 9.47 Å². The number of nitrogens with zero attached hydrogens (tertiary/aromatic N) is 2. The summed E-state index contributed by atoms with van der Waals surface area (Å²) in [5, 5.41) is 9.88. The van der Waals surface area contributed by atoms with Crippen molar-refractivity contribution in [2.24, 2.45) is 0 Å². The van der Waals surface area contributed by atoms with Gasteiger partial charge in [0, 0.05) is 19.5 Å². The van der Waals surface area contributed by atoms with Crippen LogP contribution in [0.25, 0.3) is 0 Å². The molecule has 27 heavy (non-hydrogen) atoms. The zero-order chi connectivity index (χ0) is 19.4. The van der Waals surface area contributed by atoms with Gasteiger partial charge in [-0.15, -0.1) is 0 Å². The van der Waals surface area contributed by atoms with Gasteiger partial charge in [0.2, 0.25) is 5.91 Å². The fraction of sp³-hybridized carbons (Fsp3) is 0.526. The Morgan fingerprint density at radius 1 is 1.15 bits per heavy atom. The molecule has 2 fully saturated rings. The van der Waals surface area contributed by atoms with Crippen molar-refractivity contribution in [3.63, 3.8) is 0 Å². The second-order valence-corrected chi connectivity index (χ2v) is 6.81. The fourth-order valence-electron chi connectivity index (χ4n) is 3.65. The minimum absolute atomic E-state index is 0.0575. The minimum atomic E-state index is -0.819. The number of β-amino-alcohol motifs (C(OH)–C–C–N with tert-alkyl or cyclic N) is 1. The van der Waals surface area contributed by atoms with Crippen molar-refractivity contribution >= 4 is 18.0 Å². The Kier molecular flexibility index (Phi) is 5.95. The number of aliphatic hydroxyl groups excluding tert-OH is 1. The highest BCUT2D eigenvalue weighted by Gasteiger charge is 2.45. The summed E-state index contributed by atoms with van der Waals surface area (Å²) in [5.41, 5.74) is 0.862. The fourth-order valence-corrected chi connectivity index (χ4v) is 3.65. The summed E-state index contributed by atoms with van der Waals surface area (Å²) in [6.07, 6.45) is -0.0126. The first-order valence-electron chi connectivity index (χ1n) is 9.05. The lowest BCUT2D eigenvalue weighted by molar-refractivity contribution is -0.152. The first-order valence-corrected chi connectivity index (χ1v) is 9.05. The smallest absolute Gasteiger partial charge is 0.410 e. The Morgan fingerprint density at radius 3 is 2.59 bits per heavy atom. The Labute approximate surface area is 157 Å². The quantitative estimate of drug-likeness (QED) is 0.785. The topological polar surface area (TPSA) is 96.4 Å². The number of methoxy groups -OCH3 is 1. The molecule has 2 amide bonds. The zero-order valence-electron chi connectivity index (χ0n) is 15.2. The molecule has 3 rings (SSSR count). The molecule has 0 saturated carbocycles. The van der Waals surface area contributed by atoms with Crippen LogP contribution in [0.1, 0.15) is 24.8 Å². The maximum absolute atomic E-state index is 13.0. The molecule has 2 aliphatic rings. The van der Waals surface area contributed by atoms with Crippen LogP contribution in [-0.2, 0) is 25.7 Å². The number of carbonyl (C=O) groups excluding carboxylic acids is 3. The van der Waals surface area contributed by atoms with E-state index in [0.717, 1.165) is 5.56 Å². The first kappa shape index (κ1) is 19.2. The van der Waals surface area contributed by atoms with Crippen LogP contribution < -0.4 is 0 Å². The van der Waals surface area contributed by atoms with Crippen molar-refractivity contribution < 1.29 is 29.0 Å². The average Bonchev–Trinajstić information content (AvgIpc) is 3.32. The summed E-state index contributed by atoms with van der Waals surface area (Å²) >= 11 is 0. The van der Waals surface area contributed by atoms with Crippen molar-refractivity contribution in [3.05, 3.63) is 35.9 Å².